The van der Waals surface area contributed by atoms with Crippen molar-refractivity contribution in [1.29, 1.82) is 0 Å². The van der Waals surface area contributed by atoms with Crippen molar-refractivity contribution in [2.75, 3.05) is 6.54 Å². The Bertz CT molecular complexity index is 491. The summed E-state index contributed by atoms with van der Waals surface area (Å²) in [6, 6.07) is -3.89. The van der Waals surface area contributed by atoms with Gasteiger partial charge in [0.15, 0.2) is 0 Å². The Balaban J connectivity index is 4.65. The molecule has 0 rings (SSSR count). The van der Waals surface area contributed by atoms with E-state index in [-0.39, 0.29) is 12.3 Å². The predicted octanol–water partition coefficient (Wildman–Crippen LogP) is -1.56. The van der Waals surface area contributed by atoms with E-state index in [4.69, 9.17) is 15.3 Å². The third kappa shape index (κ3) is 8.24. The fourth-order valence-electron chi connectivity index (χ4n) is 1.52. The Kier molecular flexibility index (Phi) is 8.08. The number of urea groups is 1. The lowest BCUT2D eigenvalue weighted by Crippen LogP contribution is -2.55. The highest BCUT2D eigenvalue weighted by molar-refractivity contribution is 6.31. The molecule has 0 aromatic carbocycles. The summed E-state index contributed by atoms with van der Waals surface area (Å²) in [4.78, 5) is 54.7. The summed E-state index contributed by atoms with van der Waals surface area (Å²) in [7, 11) is 0. The molecule has 0 bridgehead atoms. The minimum Gasteiger partial charge on any atom is -0.480 e. The molecule has 11 heteroatoms. The predicted molar refractivity (Wildman–Crippen MR) is 74.6 cm³/mol. The molecule has 3 amide bonds. The smallest absolute Gasteiger partial charge is 0.394 e. The van der Waals surface area contributed by atoms with Crippen LogP contribution in [0.15, 0.2) is 0 Å². The van der Waals surface area contributed by atoms with Crippen LogP contribution >= 0.6 is 0 Å². The highest BCUT2D eigenvalue weighted by atomic mass is 16.4. The molecule has 0 spiro atoms. The summed E-state index contributed by atoms with van der Waals surface area (Å²) in [6.45, 7) is 2.82. The van der Waals surface area contributed by atoms with Gasteiger partial charge in [0.1, 0.15) is 12.1 Å². The lowest BCUT2D eigenvalue weighted by molar-refractivity contribution is -0.150. The number of hydrogen-bond donors (Lipinski definition) is 6. The van der Waals surface area contributed by atoms with Crippen molar-refractivity contribution in [2.24, 2.45) is 5.92 Å². The van der Waals surface area contributed by atoms with Crippen molar-refractivity contribution in [3.8, 4) is 0 Å². The van der Waals surface area contributed by atoms with E-state index in [9.17, 15) is 24.0 Å². The van der Waals surface area contributed by atoms with Crippen LogP contribution in [0.3, 0.4) is 0 Å². The number of carboxylic acids is 3. The van der Waals surface area contributed by atoms with Gasteiger partial charge in [-0.2, -0.15) is 0 Å². The first-order valence-electron chi connectivity index (χ1n) is 6.58. The van der Waals surface area contributed by atoms with Gasteiger partial charge < -0.3 is 31.3 Å². The number of hydrogen-bond acceptors (Lipinski definition) is 5. The van der Waals surface area contributed by atoms with E-state index in [0.717, 1.165) is 0 Å². The quantitative estimate of drug-likeness (QED) is 0.288. The van der Waals surface area contributed by atoms with Crippen LogP contribution in [0.4, 0.5) is 4.79 Å². The summed E-state index contributed by atoms with van der Waals surface area (Å²) >= 11 is 0. The van der Waals surface area contributed by atoms with Gasteiger partial charge in [0, 0.05) is 6.54 Å². The summed E-state index contributed by atoms with van der Waals surface area (Å²) in [5, 5.41) is 32.1. The lowest BCUT2D eigenvalue weighted by atomic mass is 10.0. The molecule has 0 fully saturated rings. The average Bonchev–Trinajstić information content (AvgIpc) is 2.41. The van der Waals surface area contributed by atoms with Gasteiger partial charge in [-0.15, -0.1) is 0 Å². The molecule has 2 atom stereocenters. The molecule has 130 valence electrons. The Morgan fingerprint density at radius 2 is 1.35 bits per heavy atom. The SMILES string of the molecule is CC(C)CC(NC(=O)NC(CNC(=O)C(=O)O)C(=O)O)C(=O)O. The molecular formula is C12H19N3O8. The zero-order valence-electron chi connectivity index (χ0n) is 12.5. The molecule has 0 heterocycles. The number of carbonyl (C=O) groups is 5. The summed E-state index contributed by atoms with van der Waals surface area (Å²) in [6.07, 6.45) is 0.135. The molecule has 0 aliphatic rings. The van der Waals surface area contributed by atoms with Crippen LogP contribution < -0.4 is 16.0 Å². The topological polar surface area (TPSA) is 182 Å². The van der Waals surface area contributed by atoms with Gasteiger partial charge in [0.05, 0.1) is 0 Å². The van der Waals surface area contributed by atoms with Crippen LogP contribution in [0.2, 0.25) is 0 Å². The fraction of sp³-hybridized carbons (Fsp3) is 0.583. The molecule has 0 aromatic heterocycles. The second-order valence-electron chi connectivity index (χ2n) is 5.04. The van der Waals surface area contributed by atoms with Crippen LogP contribution in [0.5, 0.6) is 0 Å². The van der Waals surface area contributed by atoms with Crippen LogP contribution in [0.25, 0.3) is 0 Å². The second-order valence-corrected chi connectivity index (χ2v) is 5.04. The molecule has 11 nitrogen and oxygen atoms in total. The third-order valence-electron chi connectivity index (χ3n) is 2.57. The maximum atomic E-state index is 11.7. The van der Waals surface area contributed by atoms with E-state index >= 15 is 0 Å². The van der Waals surface area contributed by atoms with Crippen molar-refractivity contribution in [3.63, 3.8) is 0 Å². The Labute approximate surface area is 131 Å². The van der Waals surface area contributed by atoms with Gasteiger partial charge in [-0.3, -0.25) is 4.79 Å². The lowest BCUT2D eigenvalue weighted by Gasteiger charge is -2.19. The van der Waals surface area contributed by atoms with E-state index in [1.54, 1.807) is 19.2 Å². The van der Waals surface area contributed by atoms with Crippen molar-refractivity contribution < 1.29 is 39.3 Å². The molecular weight excluding hydrogens is 314 g/mol. The van der Waals surface area contributed by atoms with Crippen LogP contribution in [-0.4, -0.2) is 63.8 Å². The Morgan fingerprint density at radius 1 is 0.870 bits per heavy atom. The van der Waals surface area contributed by atoms with Crippen LogP contribution in [0.1, 0.15) is 20.3 Å². The molecule has 0 aromatic rings. The molecule has 0 aliphatic heterocycles. The first-order chi connectivity index (χ1) is 10.5. The standard InChI is InChI=1S/C12H19N3O8/c1-5(2)3-6(9(17)18)14-12(23)15-7(10(19)20)4-13-8(16)11(21)22/h5-7H,3-4H2,1-2H3,(H,13,16)(H,17,18)(H,19,20)(H,21,22)(H2,14,15,23). The number of carboxylic acid groups (broad SMARTS) is 3. The minimum absolute atomic E-state index is 0.0264. The van der Waals surface area contributed by atoms with Crippen molar-refractivity contribution in [2.45, 2.75) is 32.4 Å². The van der Waals surface area contributed by atoms with E-state index in [1.807, 2.05) is 5.32 Å². The first-order valence-corrected chi connectivity index (χ1v) is 6.58. The second kappa shape index (κ2) is 9.23. The number of aliphatic carboxylic acids is 3. The number of amides is 3. The summed E-state index contributed by atoms with van der Waals surface area (Å²) in [5.74, 6) is -6.06. The van der Waals surface area contributed by atoms with Gasteiger partial charge in [-0.05, 0) is 12.3 Å². The molecule has 0 radical (unpaired) electrons. The highest BCUT2D eigenvalue weighted by Crippen LogP contribution is 2.04. The maximum Gasteiger partial charge on any atom is 0.394 e. The van der Waals surface area contributed by atoms with Gasteiger partial charge in [-0.25, -0.2) is 19.2 Å². The van der Waals surface area contributed by atoms with Gasteiger partial charge in [0.2, 0.25) is 0 Å². The largest absolute Gasteiger partial charge is 0.480 e. The minimum atomic E-state index is -1.80. The Hall–Kier alpha value is -2.85. The van der Waals surface area contributed by atoms with Gasteiger partial charge in [0.25, 0.3) is 0 Å². The Morgan fingerprint density at radius 3 is 1.74 bits per heavy atom. The zero-order chi connectivity index (χ0) is 18.2. The fourth-order valence-corrected chi connectivity index (χ4v) is 1.52. The monoisotopic (exact) mass is 333 g/mol. The maximum absolute atomic E-state index is 11.7. The van der Waals surface area contributed by atoms with Gasteiger partial charge >= 0.3 is 29.8 Å². The zero-order valence-corrected chi connectivity index (χ0v) is 12.5. The first kappa shape index (κ1) is 20.1. The number of nitrogens with one attached hydrogen (secondary N) is 3. The highest BCUT2D eigenvalue weighted by Gasteiger charge is 2.25. The van der Waals surface area contributed by atoms with E-state index in [1.165, 1.54) is 0 Å². The summed E-state index contributed by atoms with van der Waals surface area (Å²) < 4.78 is 0. The van der Waals surface area contributed by atoms with Crippen LogP contribution in [-0.2, 0) is 19.2 Å². The summed E-state index contributed by atoms with van der Waals surface area (Å²) in [5.41, 5.74) is 0. The molecule has 0 saturated carbocycles. The van der Waals surface area contributed by atoms with Crippen molar-refractivity contribution in [3.05, 3.63) is 0 Å². The van der Waals surface area contributed by atoms with Gasteiger partial charge in [-0.1, -0.05) is 13.8 Å². The van der Waals surface area contributed by atoms with Crippen molar-refractivity contribution >= 4 is 29.8 Å². The van der Waals surface area contributed by atoms with Crippen LogP contribution in [0, 0.1) is 5.92 Å². The number of rotatable bonds is 8. The normalized spacial score (nSPS) is 12.8. The van der Waals surface area contributed by atoms with E-state index < -0.39 is 48.5 Å². The third-order valence-corrected chi connectivity index (χ3v) is 2.57. The molecule has 2 unspecified atom stereocenters. The molecule has 0 saturated heterocycles. The molecule has 0 aliphatic carbocycles. The molecule has 23 heavy (non-hydrogen) atoms. The van der Waals surface area contributed by atoms with Crippen molar-refractivity contribution in [1.82, 2.24) is 16.0 Å². The number of carbonyl (C=O) groups excluding carboxylic acids is 2. The van der Waals surface area contributed by atoms with E-state index in [2.05, 4.69) is 5.32 Å². The molecule has 6 N–H and O–H groups in total. The van der Waals surface area contributed by atoms with E-state index in [0.29, 0.717) is 0 Å². The average molecular weight is 333 g/mol.